The minimum Gasteiger partial charge on any atom is -0.226 e. The van der Waals surface area contributed by atoms with Crippen LogP contribution in [0.25, 0.3) is 97.9 Å². The maximum absolute atomic E-state index is 5.38. The first-order chi connectivity index (χ1) is 25.3. The molecule has 10 aromatic rings. The number of nitrogens with zero attached hydrogens (tertiary/aromatic N) is 2. The molecule has 51 heavy (non-hydrogen) atoms. The molecule has 0 amide bonds. The summed E-state index contributed by atoms with van der Waals surface area (Å²) in [5.41, 5.74) is 11.0. The highest BCUT2D eigenvalue weighted by Crippen LogP contribution is 2.42. The van der Waals surface area contributed by atoms with Gasteiger partial charge in [-0.15, -0.1) is 11.3 Å². The molecule has 2 aromatic heterocycles. The first-order valence-electron chi connectivity index (χ1n) is 17.2. The Labute approximate surface area is 300 Å². The van der Waals surface area contributed by atoms with Gasteiger partial charge in [0.1, 0.15) is 0 Å². The summed E-state index contributed by atoms with van der Waals surface area (Å²) in [5, 5.41) is 6.11. The van der Waals surface area contributed by atoms with Gasteiger partial charge in [0.2, 0.25) is 0 Å². The molecule has 0 aliphatic heterocycles. The van der Waals surface area contributed by atoms with E-state index < -0.39 is 0 Å². The van der Waals surface area contributed by atoms with Gasteiger partial charge in [-0.25, -0.2) is 9.97 Å². The number of thiophene rings is 1. The lowest BCUT2D eigenvalue weighted by Crippen LogP contribution is -1.95. The number of fused-ring (bicyclic) bond motifs is 6. The van der Waals surface area contributed by atoms with Crippen molar-refractivity contribution in [2.75, 3.05) is 0 Å². The topological polar surface area (TPSA) is 25.8 Å². The lowest BCUT2D eigenvalue weighted by molar-refractivity contribution is 1.24. The number of rotatable bonds is 5. The van der Waals surface area contributed by atoms with Crippen LogP contribution in [0.1, 0.15) is 0 Å². The van der Waals surface area contributed by atoms with Crippen LogP contribution in [0.15, 0.2) is 182 Å². The van der Waals surface area contributed by atoms with E-state index in [4.69, 9.17) is 9.97 Å². The molecule has 0 fully saturated rings. The number of hydrogen-bond acceptors (Lipinski definition) is 3. The van der Waals surface area contributed by atoms with Crippen molar-refractivity contribution < 1.29 is 0 Å². The van der Waals surface area contributed by atoms with E-state index >= 15 is 0 Å². The Balaban J connectivity index is 1.27. The molecule has 238 valence electrons. The Morgan fingerprint density at radius 2 is 0.922 bits per heavy atom. The van der Waals surface area contributed by atoms with Gasteiger partial charge in [-0.2, -0.15) is 0 Å². The van der Waals surface area contributed by atoms with Gasteiger partial charge in [0, 0.05) is 21.2 Å². The first kappa shape index (κ1) is 29.5. The minimum atomic E-state index is 0.720. The monoisotopic (exact) mass is 666 g/mol. The van der Waals surface area contributed by atoms with E-state index in [2.05, 4.69) is 182 Å². The summed E-state index contributed by atoms with van der Waals surface area (Å²) < 4.78 is 2.32. The molecule has 2 nitrogen and oxygen atoms in total. The highest BCUT2D eigenvalue weighted by Gasteiger charge is 2.19. The van der Waals surface area contributed by atoms with Gasteiger partial charge in [-0.05, 0) is 91.3 Å². The SMILES string of the molecule is c1ccc(-c2cccc(-c3cc(-c4nc(-c5ccccc5)c5sc6ccccc6c5n4)cc(-c4cc5ccccc5c5ccccc45)c3)c2)cc1. The average Bonchev–Trinajstić information content (AvgIpc) is 3.59. The average molecular weight is 667 g/mol. The Morgan fingerprint density at radius 1 is 0.353 bits per heavy atom. The molecule has 0 bridgehead atoms. The molecule has 3 heteroatoms. The van der Waals surface area contributed by atoms with Crippen molar-refractivity contribution in [2.24, 2.45) is 0 Å². The van der Waals surface area contributed by atoms with Crippen LogP contribution in [-0.2, 0) is 0 Å². The van der Waals surface area contributed by atoms with E-state index in [1.165, 1.54) is 42.9 Å². The fraction of sp³-hybridized carbons (Fsp3) is 0. The predicted molar refractivity (Wildman–Crippen MR) is 217 cm³/mol. The normalized spacial score (nSPS) is 11.5. The summed E-state index contributed by atoms with van der Waals surface area (Å²) in [5.74, 6) is 0.720. The van der Waals surface area contributed by atoms with E-state index in [1.54, 1.807) is 11.3 Å². The largest absolute Gasteiger partial charge is 0.226 e. The van der Waals surface area contributed by atoms with E-state index in [0.717, 1.165) is 54.9 Å². The second kappa shape index (κ2) is 12.2. The molecule has 0 aliphatic carbocycles. The third-order valence-corrected chi connectivity index (χ3v) is 11.0. The molecule has 0 N–H and O–H groups in total. The molecule has 8 aromatic carbocycles. The van der Waals surface area contributed by atoms with Crippen LogP contribution in [0, 0.1) is 0 Å². The van der Waals surface area contributed by atoms with Crippen molar-refractivity contribution in [2.45, 2.75) is 0 Å². The Morgan fingerprint density at radius 3 is 1.73 bits per heavy atom. The van der Waals surface area contributed by atoms with Gasteiger partial charge >= 0.3 is 0 Å². The van der Waals surface area contributed by atoms with E-state index in [9.17, 15) is 0 Å². The van der Waals surface area contributed by atoms with Gasteiger partial charge < -0.3 is 0 Å². The molecular formula is C48H30N2S. The Bertz CT molecular complexity index is 2910. The van der Waals surface area contributed by atoms with Gasteiger partial charge in [0.25, 0.3) is 0 Å². The summed E-state index contributed by atoms with van der Waals surface area (Å²) in [6.07, 6.45) is 0. The molecule has 0 atom stereocenters. The van der Waals surface area contributed by atoms with Crippen LogP contribution in [0.2, 0.25) is 0 Å². The maximum Gasteiger partial charge on any atom is 0.160 e. The predicted octanol–water partition coefficient (Wildman–Crippen LogP) is 13.5. The summed E-state index contributed by atoms with van der Waals surface area (Å²) in [4.78, 5) is 10.7. The van der Waals surface area contributed by atoms with E-state index in [0.29, 0.717) is 0 Å². The molecule has 0 saturated heterocycles. The number of benzene rings is 8. The van der Waals surface area contributed by atoms with Crippen LogP contribution in [-0.4, -0.2) is 9.97 Å². The highest BCUT2D eigenvalue weighted by molar-refractivity contribution is 7.26. The lowest BCUT2D eigenvalue weighted by Gasteiger charge is -2.15. The summed E-state index contributed by atoms with van der Waals surface area (Å²) in [6.45, 7) is 0. The summed E-state index contributed by atoms with van der Waals surface area (Å²) in [7, 11) is 0. The quantitative estimate of drug-likeness (QED) is 0.171. The molecule has 2 heterocycles. The molecule has 0 radical (unpaired) electrons. The zero-order chi connectivity index (χ0) is 33.7. The van der Waals surface area contributed by atoms with Crippen molar-refractivity contribution in [3.05, 3.63) is 182 Å². The molecule has 10 rings (SSSR count). The van der Waals surface area contributed by atoms with Crippen molar-refractivity contribution in [1.82, 2.24) is 9.97 Å². The van der Waals surface area contributed by atoms with Crippen molar-refractivity contribution in [1.29, 1.82) is 0 Å². The van der Waals surface area contributed by atoms with Crippen molar-refractivity contribution in [3.63, 3.8) is 0 Å². The van der Waals surface area contributed by atoms with Crippen LogP contribution in [0.4, 0.5) is 0 Å². The number of aromatic nitrogens is 2. The van der Waals surface area contributed by atoms with E-state index in [1.807, 2.05) is 0 Å². The van der Waals surface area contributed by atoms with E-state index in [-0.39, 0.29) is 0 Å². The number of hydrogen-bond donors (Lipinski definition) is 0. The smallest absolute Gasteiger partial charge is 0.160 e. The molecule has 0 spiro atoms. The van der Waals surface area contributed by atoms with Crippen LogP contribution >= 0.6 is 11.3 Å². The second-order valence-corrected chi connectivity index (χ2v) is 14.0. The van der Waals surface area contributed by atoms with Gasteiger partial charge in [0.15, 0.2) is 5.82 Å². The van der Waals surface area contributed by atoms with Crippen molar-refractivity contribution in [3.8, 4) is 56.0 Å². The maximum atomic E-state index is 5.38. The Kier molecular flexibility index (Phi) is 7.04. The first-order valence-corrected chi connectivity index (χ1v) is 18.1. The van der Waals surface area contributed by atoms with Crippen LogP contribution in [0.5, 0.6) is 0 Å². The fourth-order valence-electron chi connectivity index (χ4n) is 7.39. The lowest BCUT2D eigenvalue weighted by atomic mass is 9.90. The van der Waals surface area contributed by atoms with Gasteiger partial charge in [-0.1, -0.05) is 146 Å². The molecule has 0 unspecified atom stereocenters. The van der Waals surface area contributed by atoms with Gasteiger partial charge in [-0.3, -0.25) is 0 Å². The minimum absolute atomic E-state index is 0.720. The molecular weight excluding hydrogens is 637 g/mol. The Hall–Kier alpha value is -6.42. The zero-order valence-electron chi connectivity index (χ0n) is 27.6. The standard InChI is InChI=1S/C48H30N2S/c1-3-14-31(15-4-1)33-19-13-20-34(26-33)36-27-37(43-30-35-18-7-8-21-39(35)40-22-9-10-23-41(40)43)29-38(28-36)48-49-45(32-16-5-2-6-17-32)47-46(50-48)42-24-11-12-25-44(42)51-47/h1-30H. The highest BCUT2D eigenvalue weighted by atomic mass is 32.1. The van der Waals surface area contributed by atoms with Gasteiger partial charge in [0.05, 0.1) is 15.9 Å². The second-order valence-electron chi connectivity index (χ2n) is 13.0. The molecule has 0 saturated carbocycles. The molecule has 0 aliphatic rings. The third-order valence-electron chi connectivity index (χ3n) is 9.84. The van der Waals surface area contributed by atoms with Crippen molar-refractivity contribution >= 4 is 53.2 Å². The van der Waals surface area contributed by atoms with Crippen LogP contribution < -0.4 is 0 Å². The van der Waals surface area contributed by atoms with Crippen LogP contribution in [0.3, 0.4) is 0 Å². The summed E-state index contributed by atoms with van der Waals surface area (Å²) in [6, 6.07) is 65.2. The fourth-order valence-corrected chi connectivity index (χ4v) is 8.55. The zero-order valence-corrected chi connectivity index (χ0v) is 28.4. The summed E-state index contributed by atoms with van der Waals surface area (Å²) >= 11 is 1.76. The third kappa shape index (κ3) is 5.18.